The topological polar surface area (TPSA) is 41.1 Å². The molecule has 0 aromatic heterocycles. The average Bonchev–Trinajstić information content (AvgIpc) is 2.87. The molecule has 1 amide bonds. The van der Waals surface area contributed by atoms with Gasteiger partial charge in [-0.1, -0.05) is 0 Å². The van der Waals surface area contributed by atoms with Gasteiger partial charge in [-0.15, -0.1) is 11.8 Å². The van der Waals surface area contributed by atoms with E-state index in [1.807, 2.05) is 11.8 Å². The normalized spacial score (nSPS) is 44.9. The summed E-state index contributed by atoms with van der Waals surface area (Å²) < 4.78 is -0.149. The molecule has 2 bridgehead atoms. The van der Waals surface area contributed by atoms with Gasteiger partial charge in [-0.2, -0.15) is 0 Å². The molecular weight excluding hydrogens is 232 g/mol. The number of carbonyl (C=O) groups excluding carboxylic acids is 1. The van der Waals surface area contributed by atoms with Crippen molar-refractivity contribution in [2.45, 2.75) is 68.3 Å². The standard InChI is InChI=1S/C13H22N2OS/c1-13(5-2-6-17-13)12(16)15-11-7-9-3-4-10(8-11)14-9/h9-11,14H,2-8H2,1H3,(H,15,16). The van der Waals surface area contributed by atoms with E-state index >= 15 is 0 Å². The van der Waals surface area contributed by atoms with Crippen molar-refractivity contribution in [1.29, 1.82) is 0 Å². The maximum absolute atomic E-state index is 12.3. The zero-order chi connectivity index (χ0) is 11.9. The monoisotopic (exact) mass is 254 g/mol. The molecule has 0 saturated carbocycles. The molecule has 0 radical (unpaired) electrons. The highest BCUT2D eigenvalue weighted by molar-refractivity contribution is 8.01. The van der Waals surface area contributed by atoms with Gasteiger partial charge in [0.25, 0.3) is 0 Å². The fourth-order valence-corrected chi connectivity index (χ4v) is 4.69. The fourth-order valence-electron chi connectivity index (χ4n) is 3.47. The highest BCUT2D eigenvalue weighted by atomic mass is 32.2. The molecule has 3 aliphatic rings. The zero-order valence-corrected chi connectivity index (χ0v) is 11.3. The van der Waals surface area contributed by atoms with E-state index in [0.717, 1.165) is 25.0 Å². The molecule has 4 heteroatoms. The summed E-state index contributed by atoms with van der Waals surface area (Å²) >= 11 is 1.83. The summed E-state index contributed by atoms with van der Waals surface area (Å²) in [5.74, 6) is 1.42. The van der Waals surface area contributed by atoms with E-state index in [9.17, 15) is 4.79 Å². The second-order valence-corrected chi connectivity index (χ2v) is 7.56. The molecule has 2 N–H and O–H groups in total. The first-order valence-electron chi connectivity index (χ1n) is 6.87. The molecule has 0 aliphatic carbocycles. The number of fused-ring (bicyclic) bond motifs is 2. The lowest BCUT2D eigenvalue weighted by atomic mass is 9.98. The minimum absolute atomic E-state index is 0.149. The molecule has 3 saturated heterocycles. The lowest BCUT2D eigenvalue weighted by molar-refractivity contribution is -0.124. The van der Waals surface area contributed by atoms with Crippen molar-refractivity contribution < 1.29 is 4.79 Å². The number of nitrogens with one attached hydrogen (secondary N) is 2. The van der Waals surface area contributed by atoms with E-state index < -0.39 is 0 Å². The molecular formula is C13H22N2OS. The van der Waals surface area contributed by atoms with Crippen LogP contribution >= 0.6 is 11.8 Å². The van der Waals surface area contributed by atoms with Crippen LogP contribution in [0.3, 0.4) is 0 Å². The lowest BCUT2D eigenvalue weighted by Gasteiger charge is -2.32. The van der Waals surface area contributed by atoms with Crippen molar-refractivity contribution in [2.24, 2.45) is 0 Å². The van der Waals surface area contributed by atoms with Gasteiger partial charge in [-0.05, 0) is 51.2 Å². The first kappa shape index (κ1) is 11.8. The first-order chi connectivity index (χ1) is 8.16. The van der Waals surface area contributed by atoms with Gasteiger partial charge in [0.2, 0.25) is 5.91 Å². The molecule has 3 heterocycles. The van der Waals surface area contributed by atoms with Gasteiger partial charge in [0.05, 0.1) is 4.75 Å². The van der Waals surface area contributed by atoms with Crippen LogP contribution in [0.1, 0.15) is 45.4 Å². The first-order valence-corrected chi connectivity index (χ1v) is 7.85. The molecule has 3 unspecified atom stereocenters. The van der Waals surface area contributed by atoms with Crippen LogP contribution in [0.15, 0.2) is 0 Å². The fraction of sp³-hybridized carbons (Fsp3) is 0.923. The average molecular weight is 254 g/mol. The number of hydrogen-bond donors (Lipinski definition) is 2. The third-order valence-corrected chi connectivity index (χ3v) is 6.03. The Kier molecular flexibility index (Phi) is 3.11. The van der Waals surface area contributed by atoms with Crippen molar-refractivity contribution in [3.63, 3.8) is 0 Å². The number of amides is 1. The molecule has 3 aliphatic heterocycles. The Labute approximate surface area is 107 Å². The molecule has 17 heavy (non-hydrogen) atoms. The molecule has 96 valence electrons. The van der Waals surface area contributed by atoms with Gasteiger partial charge in [0, 0.05) is 18.1 Å². The van der Waals surface area contributed by atoms with Crippen LogP contribution in [0.2, 0.25) is 0 Å². The molecule has 0 aromatic carbocycles. The van der Waals surface area contributed by atoms with Crippen molar-refractivity contribution in [3.8, 4) is 0 Å². The van der Waals surface area contributed by atoms with E-state index in [1.165, 1.54) is 19.3 Å². The minimum Gasteiger partial charge on any atom is -0.352 e. The van der Waals surface area contributed by atoms with E-state index in [1.54, 1.807) is 0 Å². The minimum atomic E-state index is -0.149. The largest absolute Gasteiger partial charge is 0.352 e. The van der Waals surface area contributed by atoms with E-state index in [2.05, 4.69) is 17.6 Å². The highest BCUT2D eigenvalue weighted by Gasteiger charge is 2.40. The van der Waals surface area contributed by atoms with Gasteiger partial charge in [0.15, 0.2) is 0 Å². The predicted octanol–water partition coefficient (Wildman–Crippen LogP) is 1.67. The third kappa shape index (κ3) is 2.34. The summed E-state index contributed by atoms with van der Waals surface area (Å²) in [4.78, 5) is 12.3. The van der Waals surface area contributed by atoms with Gasteiger partial charge < -0.3 is 10.6 Å². The van der Waals surface area contributed by atoms with E-state index in [-0.39, 0.29) is 10.7 Å². The van der Waals surface area contributed by atoms with Crippen molar-refractivity contribution in [3.05, 3.63) is 0 Å². The number of thioether (sulfide) groups is 1. The van der Waals surface area contributed by atoms with Crippen LogP contribution in [0.4, 0.5) is 0 Å². The van der Waals surface area contributed by atoms with Crippen LogP contribution in [0.25, 0.3) is 0 Å². The van der Waals surface area contributed by atoms with Gasteiger partial charge in [-0.25, -0.2) is 0 Å². The highest BCUT2D eigenvalue weighted by Crippen LogP contribution is 2.38. The Hall–Kier alpha value is -0.220. The molecule has 3 rings (SSSR count). The predicted molar refractivity (Wildman–Crippen MR) is 71.2 cm³/mol. The van der Waals surface area contributed by atoms with Gasteiger partial charge in [-0.3, -0.25) is 4.79 Å². The smallest absolute Gasteiger partial charge is 0.236 e. The second-order valence-electron chi connectivity index (χ2n) is 5.96. The summed E-state index contributed by atoms with van der Waals surface area (Å²) in [5, 5.41) is 6.92. The quantitative estimate of drug-likeness (QED) is 0.787. The van der Waals surface area contributed by atoms with E-state index in [0.29, 0.717) is 18.1 Å². The van der Waals surface area contributed by atoms with Crippen LogP contribution < -0.4 is 10.6 Å². The van der Waals surface area contributed by atoms with E-state index in [4.69, 9.17) is 0 Å². The van der Waals surface area contributed by atoms with Gasteiger partial charge >= 0.3 is 0 Å². The number of piperidine rings is 1. The Morgan fingerprint density at radius 2 is 2.06 bits per heavy atom. The number of carbonyl (C=O) groups is 1. The Morgan fingerprint density at radius 3 is 2.65 bits per heavy atom. The Morgan fingerprint density at radius 1 is 1.35 bits per heavy atom. The SMILES string of the molecule is CC1(C(=O)NC2CC3CCC(C2)N3)CCCS1. The van der Waals surface area contributed by atoms with Crippen LogP contribution in [-0.4, -0.2) is 34.5 Å². The Balaban J connectivity index is 1.58. The second kappa shape index (κ2) is 4.47. The van der Waals surface area contributed by atoms with Crippen molar-refractivity contribution in [1.82, 2.24) is 10.6 Å². The van der Waals surface area contributed by atoms with Crippen molar-refractivity contribution in [2.75, 3.05) is 5.75 Å². The maximum atomic E-state index is 12.3. The van der Waals surface area contributed by atoms with Crippen LogP contribution in [0, 0.1) is 0 Å². The van der Waals surface area contributed by atoms with Crippen molar-refractivity contribution >= 4 is 17.7 Å². The summed E-state index contributed by atoms with van der Waals surface area (Å²) in [7, 11) is 0. The summed E-state index contributed by atoms with van der Waals surface area (Å²) in [6.45, 7) is 2.11. The number of rotatable bonds is 2. The molecule has 3 atom stereocenters. The van der Waals surface area contributed by atoms with Crippen LogP contribution in [-0.2, 0) is 4.79 Å². The lowest BCUT2D eigenvalue weighted by Crippen LogP contribution is -2.52. The molecule has 0 spiro atoms. The zero-order valence-electron chi connectivity index (χ0n) is 10.5. The molecule has 0 aromatic rings. The van der Waals surface area contributed by atoms with Crippen LogP contribution in [0.5, 0.6) is 0 Å². The summed E-state index contributed by atoms with van der Waals surface area (Å²) in [6, 6.07) is 1.73. The Bertz CT molecular complexity index is 303. The molecule has 3 nitrogen and oxygen atoms in total. The summed E-state index contributed by atoms with van der Waals surface area (Å²) in [6.07, 6.45) is 7.07. The number of hydrogen-bond acceptors (Lipinski definition) is 3. The summed E-state index contributed by atoms with van der Waals surface area (Å²) in [5.41, 5.74) is 0. The maximum Gasteiger partial charge on any atom is 0.236 e. The van der Waals surface area contributed by atoms with Gasteiger partial charge in [0.1, 0.15) is 0 Å². The third-order valence-electron chi connectivity index (χ3n) is 4.51. The molecule has 3 fully saturated rings.